The smallest absolute Gasteiger partial charge is 0.414 e. The minimum atomic E-state index is -1.82. The number of carboxylic acids is 2. The molecule has 0 heterocycles. The van der Waals surface area contributed by atoms with Crippen molar-refractivity contribution in [2.24, 2.45) is 5.92 Å². The van der Waals surface area contributed by atoms with Gasteiger partial charge in [-0.25, -0.2) is 9.59 Å². The molecule has 0 aliphatic carbocycles. The maximum absolute atomic E-state index is 11.9. The van der Waals surface area contributed by atoms with E-state index in [0.717, 1.165) is 42.1 Å². The van der Waals surface area contributed by atoms with Crippen LogP contribution in [0.2, 0.25) is 0 Å². The van der Waals surface area contributed by atoms with E-state index in [2.05, 4.69) is 24.9 Å². The van der Waals surface area contributed by atoms with Gasteiger partial charge >= 0.3 is 11.9 Å². The third-order valence-electron chi connectivity index (χ3n) is 6.14. The molecule has 3 rings (SSSR count). The van der Waals surface area contributed by atoms with Crippen LogP contribution in [-0.2, 0) is 21.6 Å². The molecule has 9 heteroatoms. The number of rotatable bonds is 10. The monoisotopic (exact) mass is 527 g/mol. The number of carbonyl (C=O) groups is 2. The molecular formula is C29H37NO8. The Morgan fingerprint density at radius 2 is 1.32 bits per heavy atom. The van der Waals surface area contributed by atoms with Gasteiger partial charge in [-0.1, -0.05) is 73.7 Å². The Hall–Kier alpha value is -3.92. The molecule has 0 bridgehead atoms. The maximum atomic E-state index is 11.9. The van der Waals surface area contributed by atoms with Gasteiger partial charge in [-0.05, 0) is 42.3 Å². The summed E-state index contributed by atoms with van der Waals surface area (Å²) in [7, 11) is 5.41. The van der Waals surface area contributed by atoms with Crippen LogP contribution in [0.5, 0.6) is 11.5 Å². The van der Waals surface area contributed by atoms with Crippen molar-refractivity contribution < 1.29 is 39.9 Å². The van der Waals surface area contributed by atoms with E-state index >= 15 is 0 Å². The summed E-state index contributed by atoms with van der Waals surface area (Å²) in [5.74, 6) is -2.17. The molecule has 0 aliphatic heterocycles. The van der Waals surface area contributed by atoms with Gasteiger partial charge in [0, 0.05) is 19.0 Å². The first-order chi connectivity index (χ1) is 17.6. The van der Waals surface area contributed by atoms with Gasteiger partial charge in [-0.15, -0.1) is 0 Å². The van der Waals surface area contributed by atoms with Crippen LogP contribution in [0.4, 0.5) is 0 Å². The van der Waals surface area contributed by atoms with E-state index in [-0.39, 0.29) is 11.4 Å². The van der Waals surface area contributed by atoms with Crippen LogP contribution in [0.25, 0.3) is 0 Å². The molecule has 0 spiro atoms. The molecule has 206 valence electrons. The van der Waals surface area contributed by atoms with Crippen LogP contribution < -0.4 is 9.47 Å². The van der Waals surface area contributed by atoms with Gasteiger partial charge in [0.1, 0.15) is 5.60 Å². The van der Waals surface area contributed by atoms with Crippen molar-refractivity contribution in [2.45, 2.75) is 18.9 Å². The summed E-state index contributed by atoms with van der Waals surface area (Å²) in [5.41, 5.74) is 1.97. The third-order valence-corrected chi connectivity index (χ3v) is 6.14. The van der Waals surface area contributed by atoms with Gasteiger partial charge in [-0.2, -0.15) is 0 Å². The number of carboxylic acid groups (broad SMARTS) is 2. The fraction of sp³-hybridized carbons (Fsp3) is 0.310. The predicted molar refractivity (Wildman–Crippen MR) is 145 cm³/mol. The summed E-state index contributed by atoms with van der Waals surface area (Å²) in [4.78, 5) is 20.5. The van der Waals surface area contributed by atoms with E-state index < -0.39 is 17.5 Å². The second kappa shape index (κ2) is 15.4. The lowest BCUT2D eigenvalue weighted by atomic mass is 9.76. The van der Waals surface area contributed by atoms with Crippen molar-refractivity contribution in [3.63, 3.8) is 0 Å². The normalized spacial score (nSPS) is 11.4. The summed E-state index contributed by atoms with van der Waals surface area (Å²) < 4.78 is 10.7. The minimum Gasteiger partial charge on any atom is -0.493 e. The second-order valence-electron chi connectivity index (χ2n) is 8.71. The van der Waals surface area contributed by atoms with Crippen molar-refractivity contribution in [1.82, 2.24) is 4.90 Å². The number of methoxy groups -OCH3 is 2. The molecule has 38 heavy (non-hydrogen) atoms. The molecule has 1 atom stereocenters. The zero-order valence-electron chi connectivity index (χ0n) is 22.1. The summed E-state index contributed by atoms with van der Waals surface area (Å²) >= 11 is 0. The van der Waals surface area contributed by atoms with Crippen LogP contribution in [0, 0.1) is 5.92 Å². The summed E-state index contributed by atoms with van der Waals surface area (Å²) in [5, 5.41) is 26.7. The van der Waals surface area contributed by atoms with E-state index in [4.69, 9.17) is 29.3 Å². The van der Waals surface area contributed by atoms with E-state index in [0.29, 0.717) is 0 Å². The number of hydrogen-bond donors (Lipinski definition) is 3. The molecule has 0 aromatic heterocycles. The molecule has 0 saturated heterocycles. The molecule has 0 amide bonds. The van der Waals surface area contributed by atoms with Gasteiger partial charge in [0.25, 0.3) is 0 Å². The highest BCUT2D eigenvalue weighted by Crippen LogP contribution is 2.37. The minimum absolute atomic E-state index is 0. The van der Waals surface area contributed by atoms with E-state index in [9.17, 15) is 5.11 Å². The first-order valence-corrected chi connectivity index (χ1v) is 11.8. The fourth-order valence-corrected chi connectivity index (χ4v) is 4.17. The topological polar surface area (TPSA) is 148 Å². The molecule has 5 N–H and O–H groups in total. The van der Waals surface area contributed by atoms with Gasteiger partial charge < -0.3 is 35.2 Å². The van der Waals surface area contributed by atoms with Gasteiger partial charge in [0.2, 0.25) is 0 Å². The number of aliphatic hydroxyl groups is 1. The van der Waals surface area contributed by atoms with Crippen molar-refractivity contribution in [3.8, 4) is 11.5 Å². The number of nitrogens with zero attached hydrogens (tertiary/aromatic N) is 1. The lowest BCUT2D eigenvalue weighted by molar-refractivity contribution is -0.159. The first kappa shape index (κ1) is 32.1. The number of ether oxygens (including phenoxy) is 2. The van der Waals surface area contributed by atoms with E-state index in [1.54, 1.807) is 14.2 Å². The lowest BCUT2D eigenvalue weighted by Gasteiger charge is -2.37. The Morgan fingerprint density at radius 1 is 0.842 bits per heavy atom. The van der Waals surface area contributed by atoms with Gasteiger partial charge in [0.15, 0.2) is 11.5 Å². The van der Waals surface area contributed by atoms with Crippen LogP contribution in [-0.4, -0.2) is 72.0 Å². The zero-order chi connectivity index (χ0) is 27.4. The zero-order valence-corrected chi connectivity index (χ0v) is 22.1. The molecule has 9 nitrogen and oxygen atoms in total. The molecule has 0 fully saturated rings. The Morgan fingerprint density at radius 3 is 1.74 bits per heavy atom. The molecule has 3 aromatic carbocycles. The van der Waals surface area contributed by atoms with Gasteiger partial charge in [0.05, 0.1) is 14.2 Å². The second-order valence-corrected chi connectivity index (χ2v) is 8.71. The quantitative estimate of drug-likeness (QED) is 0.341. The third kappa shape index (κ3) is 8.58. The Kier molecular flexibility index (Phi) is 13.0. The van der Waals surface area contributed by atoms with Crippen molar-refractivity contribution >= 4 is 11.9 Å². The van der Waals surface area contributed by atoms with Crippen molar-refractivity contribution in [2.75, 3.05) is 34.4 Å². The SMILES string of the molecule is COc1ccc(CCN(C)CC(C)C(O)(c2ccccc2)c2ccccc2)cc1OC.O.O=C(O)C(=O)O. The standard InChI is InChI=1S/C27H33NO3.C2H2O4.H2O/c1-21(20-28(2)18-17-22-15-16-25(30-3)26(19-22)31-4)27(29,23-11-7-5-8-12-23)24-13-9-6-10-14-24;3-1(4)2(5)6;/h5-16,19,21,29H,17-18,20H2,1-4H3;(H,3,4)(H,5,6);1H2. The summed E-state index contributed by atoms with van der Waals surface area (Å²) in [6.45, 7) is 3.75. The molecular weight excluding hydrogens is 490 g/mol. The molecule has 0 radical (unpaired) electrons. The fourth-order valence-electron chi connectivity index (χ4n) is 4.17. The number of likely N-dealkylation sites (N-methyl/N-ethyl adjacent to an activating group) is 1. The first-order valence-electron chi connectivity index (χ1n) is 11.8. The summed E-state index contributed by atoms with van der Waals surface area (Å²) in [6, 6.07) is 26.0. The lowest BCUT2D eigenvalue weighted by Crippen LogP contribution is -2.41. The van der Waals surface area contributed by atoms with Crippen LogP contribution in [0.3, 0.4) is 0 Å². The summed E-state index contributed by atoms with van der Waals surface area (Å²) in [6.07, 6.45) is 0.888. The van der Waals surface area contributed by atoms with Crippen molar-refractivity contribution in [1.29, 1.82) is 0 Å². The number of hydrogen-bond acceptors (Lipinski definition) is 6. The highest BCUT2D eigenvalue weighted by Gasteiger charge is 2.37. The van der Waals surface area contributed by atoms with Gasteiger partial charge in [-0.3, -0.25) is 0 Å². The highest BCUT2D eigenvalue weighted by molar-refractivity contribution is 6.27. The predicted octanol–water partition coefficient (Wildman–Crippen LogP) is 3.08. The van der Waals surface area contributed by atoms with Crippen LogP contribution in [0.15, 0.2) is 78.9 Å². The van der Waals surface area contributed by atoms with E-state index in [1.807, 2.05) is 72.8 Å². The van der Waals surface area contributed by atoms with Crippen LogP contribution >= 0.6 is 0 Å². The highest BCUT2D eigenvalue weighted by atomic mass is 16.5. The average Bonchev–Trinajstić information content (AvgIpc) is 2.92. The number of aliphatic carboxylic acids is 2. The maximum Gasteiger partial charge on any atom is 0.414 e. The molecule has 0 saturated carbocycles. The Balaban J connectivity index is 0.000000925. The van der Waals surface area contributed by atoms with E-state index in [1.165, 1.54) is 5.56 Å². The van der Waals surface area contributed by atoms with Crippen LogP contribution in [0.1, 0.15) is 23.6 Å². The molecule has 1 unspecified atom stereocenters. The largest absolute Gasteiger partial charge is 0.493 e. The Bertz CT molecular complexity index is 1090. The Labute approximate surface area is 223 Å². The molecule has 0 aliphatic rings. The van der Waals surface area contributed by atoms with Crippen molar-refractivity contribution in [3.05, 3.63) is 95.6 Å². The molecule has 3 aromatic rings. The number of benzene rings is 3. The average molecular weight is 528 g/mol.